The van der Waals surface area contributed by atoms with Crippen molar-refractivity contribution >= 4 is 5.97 Å². The van der Waals surface area contributed by atoms with Gasteiger partial charge in [0.1, 0.15) is 17.1 Å². The van der Waals surface area contributed by atoms with E-state index in [1.165, 1.54) is 13.2 Å². The molecule has 1 aromatic rings. The molecular formula is C9H11NO5. The van der Waals surface area contributed by atoms with Gasteiger partial charge in [-0.3, -0.25) is 0 Å². The van der Waals surface area contributed by atoms with Crippen LogP contribution in [0.3, 0.4) is 0 Å². The van der Waals surface area contributed by atoms with Crippen molar-refractivity contribution in [2.24, 2.45) is 0 Å². The largest absolute Gasteiger partial charge is 0.507 e. The predicted octanol–water partition coefficient (Wildman–Crippen LogP) is 0.447. The number of nitrogens with one attached hydrogen (secondary N) is 1. The van der Waals surface area contributed by atoms with E-state index in [0.29, 0.717) is 5.56 Å². The number of aromatic carboxylic acids is 1. The first-order valence-electron chi connectivity index (χ1n) is 4.10. The fourth-order valence-electron chi connectivity index (χ4n) is 1.08. The number of benzene rings is 1. The molecule has 1 aromatic carbocycles. The maximum absolute atomic E-state index is 10.7. The molecule has 0 aromatic heterocycles. The number of rotatable bonds is 4. The Hall–Kier alpha value is -1.79. The summed E-state index contributed by atoms with van der Waals surface area (Å²) in [5.41, 5.74) is 2.52. The standard InChI is InChI=1S/C9H11NO5/c1-15-10-4-5-2-6(9(13)14)8(12)3-7(5)11/h2-3,10-12H,4H2,1H3,(H,13,14). The first-order chi connectivity index (χ1) is 7.06. The average molecular weight is 213 g/mol. The van der Waals surface area contributed by atoms with Gasteiger partial charge in [0.15, 0.2) is 0 Å². The number of phenols is 2. The summed E-state index contributed by atoms with van der Waals surface area (Å²) >= 11 is 0. The lowest BCUT2D eigenvalue weighted by Gasteiger charge is -2.07. The summed E-state index contributed by atoms with van der Waals surface area (Å²) < 4.78 is 0. The Kier molecular flexibility index (Phi) is 3.48. The number of aromatic hydroxyl groups is 2. The molecule has 6 nitrogen and oxygen atoms in total. The fourth-order valence-corrected chi connectivity index (χ4v) is 1.08. The lowest BCUT2D eigenvalue weighted by atomic mass is 10.1. The van der Waals surface area contributed by atoms with Crippen molar-refractivity contribution in [1.29, 1.82) is 0 Å². The van der Waals surface area contributed by atoms with Gasteiger partial charge in [-0.25, -0.2) is 4.79 Å². The van der Waals surface area contributed by atoms with Gasteiger partial charge in [0.05, 0.1) is 7.11 Å². The van der Waals surface area contributed by atoms with E-state index in [1.54, 1.807) is 0 Å². The zero-order valence-electron chi connectivity index (χ0n) is 8.02. The van der Waals surface area contributed by atoms with Crippen LogP contribution in [0.25, 0.3) is 0 Å². The molecule has 0 spiro atoms. The highest BCUT2D eigenvalue weighted by Crippen LogP contribution is 2.27. The van der Waals surface area contributed by atoms with Crippen LogP contribution < -0.4 is 5.48 Å². The van der Waals surface area contributed by atoms with E-state index in [4.69, 9.17) is 5.11 Å². The maximum Gasteiger partial charge on any atom is 0.339 e. The summed E-state index contributed by atoms with van der Waals surface area (Å²) in [4.78, 5) is 15.2. The van der Waals surface area contributed by atoms with Crippen LogP contribution in [0, 0.1) is 0 Å². The highest BCUT2D eigenvalue weighted by molar-refractivity contribution is 5.91. The van der Waals surface area contributed by atoms with Crippen molar-refractivity contribution in [2.75, 3.05) is 7.11 Å². The van der Waals surface area contributed by atoms with Gasteiger partial charge in [-0.1, -0.05) is 0 Å². The van der Waals surface area contributed by atoms with Gasteiger partial charge in [0.2, 0.25) is 0 Å². The van der Waals surface area contributed by atoms with Gasteiger partial charge in [0.25, 0.3) is 0 Å². The second-order valence-corrected chi connectivity index (χ2v) is 2.83. The molecule has 15 heavy (non-hydrogen) atoms. The molecule has 0 aliphatic carbocycles. The molecule has 0 radical (unpaired) electrons. The summed E-state index contributed by atoms with van der Waals surface area (Å²) in [6, 6.07) is 2.16. The van der Waals surface area contributed by atoms with Crippen LogP contribution in [0.1, 0.15) is 15.9 Å². The van der Waals surface area contributed by atoms with E-state index in [9.17, 15) is 15.0 Å². The molecule has 0 saturated carbocycles. The second kappa shape index (κ2) is 4.63. The molecule has 1 rings (SSSR count). The number of hydrogen-bond donors (Lipinski definition) is 4. The molecule has 6 heteroatoms. The van der Waals surface area contributed by atoms with E-state index >= 15 is 0 Å². The van der Waals surface area contributed by atoms with Crippen LogP contribution in [0.5, 0.6) is 11.5 Å². The highest BCUT2D eigenvalue weighted by Gasteiger charge is 2.13. The third-order valence-corrected chi connectivity index (χ3v) is 1.83. The summed E-state index contributed by atoms with van der Waals surface area (Å²) in [6.07, 6.45) is 0. The van der Waals surface area contributed by atoms with Crippen molar-refractivity contribution in [3.63, 3.8) is 0 Å². The lowest BCUT2D eigenvalue weighted by molar-refractivity contribution is 0.0692. The van der Waals surface area contributed by atoms with Crippen LogP contribution in [0.2, 0.25) is 0 Å². The molecule has 0 aliphatic rings. The van der Waals surface area contributed by atoms with Gasteiger partial charge in [0, 0.05) is 18.2 Å². The fraction of sp³-hybridized carbons (Fsp3) is 0.222. The van der Waals surface area contributed by atoms with Crippen LogP contribution in [0.4, 0.5) is 0 Å². The molecule has 82 valence electrons. The Morgan fingerprint density at radius 1 is 1.40 bits per heavy atom. The van der Waals surface area contributed by atoms with E-state index in [-0.39, 0.29) is 17.9 Å². The average Bonchev–Trinajstić information content (AvgIpc) is 2.16. The first kappa shape index (κ1) is 11.3. The molecule has 0 amide bonds. The second-order valence-electron chi connectivity index (χ2n) is 2.83. The minimum absolute atomic E-state index is 0.142. The van der Waals surface area contributed by atoms with Crippen molar-refractivity contribution < 1.29 is 25.0 Å². The van der Waals surface area contributed by atoms with Crippen LogP contribution >= 0.6 is 0 Å². The maximum atomic E-state index is 10.7. The van der Waals surface area contributed by atoms with Crippen molar-refractivity contribution in [1.82, 2.24) is 5.48 Å². The topological polar surface area (TPSA) is 99.0 Å². The quantitative estimate of drug-likeness (QED) is 0.542. The van der Waals surface area contributed by atoms with E-state index in [1.807, 2.05) is 0 Å². The van der Waals surface area contributed by atoms with Gasteiger partial charge >= 0.3 is 5.97 Å². The molecule has 0 aliphatic heterocycles. The molecular weight excluding hydrogens is 202 g/mol. The third-order valence-electron chi connectivity index (χ3n) is 1.83. The monoisotopic (exact) mass is 213 g/mol. The Morgan fingerprint density at radius 2 is 2.07 bits per heavy atom. The number of carbonyl (C=O) groups is 1. The third kappa shape index (κ3) is 2.58. The van der Waals surface area contributed by atoms with E-state index < -0.39 is 11.7 Å². The zero-order valence-corrected chi connectivity index (χ0v) is 8.02. The van der Waals surface area contributed by atoms with E-state index in [0.717, 1.165) is 6.07 Å². The number of phenolic OH excluding ortho intramolecular Hbond substituents is 1. The van der Waals surface area contributed by atoms with Crippen LogP contribution in [0.15, 0.2) is 12.1 Å². The molecule has 0 unspecified atom stereocenters. The van der Waals surface area contributed by atoms with Gasteiger partial charge in [-0.15, -0.1) is 0 Å². The number of hydroxylamine groups is 1. The molecule has 0 atom stereocenters. The number of carboxylic acid groups (broad SMARTS) is 1. The van der Waals surface area contributed by atoms with Gasteiger partial charge in [-0.05, 0) is 6.07 Å². The Balaban J connectivity index is 3.06. The summed E-state index contributed by atoms with van der Waals surface area (Å²) in [6.45, 7) is 0.142. The van der Waals surface area contributed by atoms with Crippen molar-refractivity contribution in [2.45, 2.75) is 6.54 Å². The minimum Gasteiger partial charge on any atom is -0.507 e. The smallest absolute Gasteiger partial charge is 0.339 e. The minimum atomic E-state index is -1.26. The predicted molar refractivity (Wildman–Crippen MR) is 50.6 cm³/mol. The summed E-state index contributed by atoms with van der Waals surface area (Å²) in [7, 11) is 1.40. The molecule has 0 bridgehead atoms. The van der Waals surface area contributed by atoms with Crippen molar-refractivity contribution in [3.05, 3.63) is 23.3 Å². The molecule has 0 heterocycles. The van der Waals surface area contributed by atoms with Crippen molar-refractivity contribution in [3.8, 4) is 11.5 Å². The van der Waals surface area contributed by atoms with Crippen LogP contribution in [-0.4, -0.2) is 28.4 Å². The normalized spacial score (nSPS) is 10.2. The van der Waals surface area contributed by atoms with Gasteiger partial charge in [-0.2, -0.15) is 5.48 Å². The van der Waals surface area contributed by atoms with Crippen LogP contribution in [-0.2, 0) is 11.4 Å². The Bertz CT molecular complexity index is 377. The molecule has 0 fully saturated rings. The SMILES string of the molecule is CONCc1cc(C(=O)O)c(O)cc1O. The number of hydrogen-bond acceptors (Lipinski definition) is 5. The highest BCUT2D eigenvalue weighted by atomic mass is 16.6. The van der Waals surface area contributed by atoms with E-state index in [2.05, 4.69) is 10.3 Å². The lowest BCUT2D eigenvalue weighted by Crippen LogP contribution is -2.11. The summed E-state index contributed by atoms with van der Waals surface area (Å²) in [5, 5.41) is 27.3. The summed E-state index contributed by atoms with van der Waals surface area (Å²) in [5.74, 6) is -1.92. The van der Waals surface area contributed by atoms with Gasteiger partial charge < -0.3 is 20.2 Å². The Labute approximate surface area is 85.7 Å². The molecule has 4 N–H and O–H groups in total. The first-order valence-corrected chi connectivity index (χ1v) is 4.10. The zero-order chi connectivity index (χ0) is 11.4. The Morgan fingerprint density at radius 3 is 2.60 bits per heavy atom. The number of carboxylic acids is 1. The molecule has 0 saturated heterocycles.